The number of hydrogen-bond donors (Lipinski definition) is 3. The molecule has 2 aromatic rings. The molecular weight excluding hydrogens is 456 g/mol. The van der Waals surface area contributed by atoms with Gasteiger partial charge in [0.05, 0.1) is 28.3 Å². The highest BCUT2D eigenvalue weighted by Gasteiger charge is 2.26. The third-order valence-corrected chi connectivity index (χ3v) is 7.57. The van der Waals surface area contributed by atoms with Gasteiger partial charge in [-0.3, -0.25) is 0 Å². The van der Waals surface area contributed by atoms with E-state index in [-0.39, 0.29) is 24.0 Å². The van der Waals surface area contributed by atoms with E-state index in [4.69, 9.17) is 9.47 Å². The first-order valence-electron chi connectivity index (χ1n) is 10.4. The molecule has 1 unspecified atom stereocenters. The number of sulfonamides is 1. The van der Waals surface area contributed by atoms with Crippen molar-refractivity contribution in [3.05, 3.63) is 18.2 Å². The first-order chi connectivity index (χ1) is 15.1. The van der Waals surface area contributed by atoms with Gasteiger partial charge in [0.25, 0.3) is 0 Å². The summed E-state index contributed by atoms with van der Waals surface area (Å²) in [6.45, 7) is 7.31. The van der Waals surface area contributed by atoms with Crippen LogP contribution < -0.4 is 10.6 Å². The van der Waals surface area contributed by atoms with Gasteiger partial charge in [0.1, 0.15) is 5.60 Å². The quantitative estimate of drug-likeness (QED) is 0.516. The number of carbonyl (C=O) groups excluding carboxylic acids is 1. The molecule has 1 aromatic carbocycles. The second-order valence-electron chi connectivity index (χ2n) is 8.48. The van der Waals surface area contributed by atoms with Crippen LogP contribution in [0.4, 0.5) is 9.93 Å². The number of alkyl carbamates (subject to hydrolysis) is 1. The Morgan fingerprint density at radius 3 is 2.69 bits per heavy atom. The number of nitrogens with zero attached hydrogens (tertiary/aromatic N) is 2. The fourth-order valence-electron chi connectivity index (χ4n) is 3.05. The fraction of sp³-hybridized carbons (Fsp3) is 0.600. The van der Waals surface area contributed by atoms with Crippen molar-refractivity contribution >= 4 is 42.8 Å². The standard InChI is InChI=1S/C20H30N4O6S2/c1-20(2,3)30-19(26)22-12-14(13-25)11-21-18-23-16-5-4-15(10-17(16)31-18)32(27,28)24-6-8-29-9-7-24/h4-5,10,14,25H,6-9,11-13H2,1-3H3,(H,21,23)(H,22,26). The van der Waals surface area contributed by atoms with E-state index in [1.165, 1.54) is 15.6 Å². The zero-order valence-electron chi connectivity index (χ0n) is 18.5. The molecule has 0 spiro atoms. The molecule has 0 aliphatic carbocycles. The van der Waals surface area contributed by atoms with Crippen LogP contribution in [0, 0.1) is 5.92 Å². The Morgan fingerprint density at radius 1 is 1.31 bits per heavy atom. The molecule has 1 aliphatic rings. The molecule has 1 amide bonds. The van der Waals surface area contributed by atoms with E-state index in [2.05, 4.69) is 15.6 Å². The number of aliphatic hydroxyl groups is 1. The Kier molecular flexibility index (Phi) is 7.93. The number of hydrogen-bond acceptors (Lipinski definition) is 9. The van der Waals surface area contributed by atoms with E-state index in [1.54, 1.807) is 39.0 Å². The molecule has 1 fully saturated rings. The molecule has 0 bridgehead atoms. The van der Waals surface area contributed by atoms with Crippen LogP contribution in [0.5, 0.6) is 0 Å². The second kappa shape index (κ2) is 10.3. The number of aliphatic hydroxyl groups excluding tert-OH is 1. The number of rotatable bonds is 8. The Hall–Kier alpha value is -1.99. The predicted molar refractivity (Wildman–Crippen MR) is 123 cm³/mol. The monoisotopic (exact) mass is 486 g/mol. The Morgan fingerprint density at radius 2 is 2.03 bits per heavy atom. The van der Waals surface area contributed by atoms with E-state index < -0.39 is 21.7 Å². The van der Waals surface area contributed by atoms with E-state index in [0.717, 1.165) is 4.70 Å². The van der Waals surface area contributed by atoms with Crippen molar-refractivity contribution in [1.82, 2.24) is 14.6 Å². The normalized spacial score (nSPS) is 16.6. The van der Waals surface area contributed by atoms with Crippen LogP contribution in [0.25, 0.3) is 10.2 Å². The van der Waals surface area contributed by atoms with Gasteiger partial charge >= 0.3 is 6.09 Å². The number of thiazole rings is 1. The summed E-state index contributed by atoms with van der Waals surface area (Å²) in [5, 5.41) is 16.0. The topological polar surface area (TPSA) is 130 Å². The van der Waals surface area contributed by atoms with E-state index in [0.29, 0.717) is 43.5 Å². The maximum absolute atomic E-state index is 12.9. The van der Waals surface area contributed by atoms with Crippen LogP contribution in [0.15, 0.2) is 23.1 Å². The molecule has 3 N–H and O–H groups in total. The summed E-state index contributed by atoms with van der Waals surface area (Å²) in [6.07, 6.45) is -0.537. The fourth-order valence-corrected chi connectivity index (χ4v) is 5.47. The van der Waals surface area contributed by atoms with Crippen LogP contribution in [-0.2, 0) is 19.5 Å². The summed E-state index contributed by atoms with van der Waals surface area (Å²) in [5.41, 5.74) is 0.0949. The average molecular weight is 487 g/mol. The molecule has 32 heavy (non-hydrogen) atoms. The third kappa shape index (κ3) is 6.51. The highest BCUT2D eigenvalue weighted by molar-refractivity contribution is 7.89. The zero-order chi connectivity index (χ0) is 23.4. The largest absolute Gasteiger partial charge is 0.444 e. The number of benzene rings is 1. The number of morpholine rings is 1. The molecule has 3 rings (SSSR count). The number of aromatic nitrogens is 1. The number of fused-ring (bicyclic) bond motifs is 1. The van der Waals surface area contributed by atoms with Crippen molar-refractivity contribution in [2.24, 2.45) is 5.92 Å². The molecule has 1 atom stereocenters. The summed E-state index contributed by atoms with van der Waals surface area (Å²) >= 11 is 1.34. The number of nitrogens with one attached hydrogen (secondary N) is 2. The van der Waals surface area contributed by atoms with Gasteiger partial charge in [-0.25, -0.2) is 18.2 Å². The lowest BCUT2D eigenvalue weighted by Crippen LogP contribution is -2.40. The van der Waals surface area contributed by atoms with Crippen LogP contribution in [0.1, 0.15) is 20.8 Å². The SMILES string of the molecule is CC(C)(C)OC(=O)NCC(CO)CNc1nc2ccc(S(=O)(=O)N3CCOCC3)cc2s1. The molecule has 178 valence electrons. The van der Waals surface area contributed by atoms with Gasteiger partial charge in [-0.2, -0.15) is 4.31 Å². The first kappa shape index (κ1) is 24.6. The maximum atomic E-state index is 12.9. The smallest absolute Gasteiger partial charge is 0.407 e. The third-order valence-electron chi connectivity index (χ3n) is 4.70. The van der Waals surface area contributed by atoms with Gasteiger partial charge in [-0.15, -0.1) is 0 Å². The molecule has 1 aromatic heterocycles. The van der Waals surface area contributed by atoms with E-state index in [1.807, 2.05) is 0 Å². The highest BCUT2D eigenvalue weighted by Crippen LogP contribution is 2.29. The average Bonchev–Trinajstić information content (AvgIpc) is 3.15. The van der Waals surface area contributed by atoms with Gasteiger partial charge in [-0.1, -0.05) is 11.3 Å². The molecule has 1 aliphatic heterocycles. The van der Waals surface area contributed by atoms with E-state index >= 15 is 0 Å². The second-order valence-corrected chi connectivity index (χ2v) is 11.4. The lowest BCUT2D eigenvalue weighted by molar-refractivity contribution is 0.0514. The van der Waals surface area contributed by atoms with Crippen molar-refractivity contribution in [2.75, 3.05) is 51.3 Å². The van der Waals surface area contributed by atoms with E-state index in [9.17, 15) is 18.3 Å². The predicted octanol–water partition coefficient (Wildman–Crippen LogP) is 1.86. The molecule has 12 heteroatoms. The lowest BCUT2D eigenvalue weighted by Gasteiger charge is -2.25. The van der Waals surface area contributed by atoms with Crippen LogP contribution in [0.2, 0.25) is 0 Å². The van der Waals surface area contributed by atoms with Gasteiger partial charge in [0.15, 0.2) is 5.13 Å². The van der Waals surface area contributed by atoms with Gasteiger partial charge in [0, 0.05) is 38.7 Å². The Labute approximate surface area is 192 Å². The first-order valence-corrected chi connectivity index (χ1v) is 12.6. The van der Waals surface area contributed by atoms with Gasteiger partial charge < -0.3 is 25.2 Å². The summed E-state index contributed by atoms with van der Waals surface area (Å²) in [5.74, 6) is -0.244. The minimum atomic E-state index is -3.58. The zero-order valence-corrected chi connectivity index (χ0v) is 20.1. The Bertz CT molecular complexity index is 1030. The molecule has 1 saturated heterocycles. The van der Waals surface area contributed by atoms with Crippen molar-refractivity contribution in [3.8, 4) is 0 Å². The number of carbonyl (C=O) groups is 1. The summed E-state index contributed by atoms with van der Waals surface area (Å²) in [6, 6.07) is 4.90. The molecule has 0 saturated carbocycles. The highest BCUT2D eigenvalue weighted by atomic mass is 32.2. The summed E-state index contributed by atoms with van der Waals surface area (Å²) in [7, 11) is -3.58. The Balaban J connectivity index is 1.61. The minimum Gasteiger partial charge on any atom is -0.444 e. The van der Waals surface area contributed by atoms with Crippen LogP contribution >= 0.6 is 11.3 Å². The molecule has 2 heterocycles. The van der Waals surface area contributed by atoms with Crippen molar-refractivity contribution in [3.63, 3.8) is 0 Å². The van der Waals surface area contributed by atoms with Crippen LogP contribution in [-0.4, -0.2) is 80.5 Å². The molecular formula is C20H30N4O6S2. The van der Waals surface area contributed by atoms with Crippen molar-refractivity contribution in [1.29, 1.82) is 0 Å². The number of amides is 1. The summed E-state index contributed by atoms with van der Waals surface area (Å²) < 4.78 is 38.4. The van der Waals surface area contributed by atoms with Crippen LogP contribution in [0.3, 0.4) is 0 Å². The van der Waals surface area contributed by atoms with Crippen molar-refractivity contribution in [2.45, 2.75) is 31.3 Å². The lowest BCUT2D eigenvalue weighted by atomic mass is 10.1. The molecule has 10 nitrogen and oxygen atoms in total. The number of ether oxygens (including phenoxy) is 2. The number of anilines is 1. The van der Waals surface area contributed by atoms with Gasteiger partial charge in [0.2, 0.25) is 10.0 Å². The maximum Gasteiger partial charge on any atom is 0.407 e. The van der Waals surface area contributed by atoms with Crippen molar-refractivity contribution < 1.29 is 27.8 Å². The minimum absolute atomic E-state index is 0.129. The molecule has 0 radical (unpaired) electrons. The summed E-state index contributed by atoms with van der Waals surface area (Å²) in [4.78, 5) is 16.5. The van der Waals surface area contributed by atoms with Gasteiger partial charge in [-0.05, 0) is 39.0 Å².